The first-order chi connectivity index (χ1) is 47.5. The Labute approximate surface area is 581 Å². The number of rotatable bonds is 27. The standard InChI is InChI=1S/C62H40F27IO9S5/c63-51(64,57(75,76)77)54(69,70)60(84,85)102(91,92)97-90(43-29-21-39(22-30-43)37-41-25-33-49(34-26-41)100(45-13-5-1-6-14-45,46-15-7-2-8-16-46)98-103(93,94)61(86,87)55(71,72)52(65,66)58(78,79)80)44-31-23-40(24-32-44)38-42-27-35-50(36-28-42)101(47-17-9-3-10-18-47,48-19-11-4-12-20-48)99-104(95,96)62(88,89)56(73,74)53(67,68)59(81,82)83/h1-36H,37-38H2. The first-order valence-electron chi connectivity index (χ1n) is 27.9. The van der Waals surface area contributed by atoms with Crippen LogP contribution in [0.4, 0.5) is 119 Å². The predicted octanol–water partition coefficient (Wildman–Crippen LogP) is 21.0. The third-order valence-electron chi connectivity index (χ3n) is 14.7. The van der Waals surface area contributed by atoms with E-state index < -0.39 is 190 Å². The van der Waals surface area contributed by atoms with Crippen LogP contribution in [0.2, 0.25) is 0 Å². The second-order valence-corrected chi connectivity index (χ2v) is 37.1. The first-order valence-corrected chi connectivity index (χ1v) is 38.3. The van der Waals surface area contributed by atoms with Crippen LogP contribution in [0.3, 0.4) is 0 Å². The fourth-order valence-electron chi connectivity index (χ4n) is 9.23. The van der Waals surface area contributed by atoms with Gasteiger partial charge in [0.15, 0.2) is 0 Å². The summed E-state index contributed by atoms with van der Waals surface area (Å²) in [5.74, 6) is -46.5. The summed E-state index contributed by atoms with van der Waals surface area (Å²) < 4.78 is 478. The van der Waals surface area contributed by atoms with Gasteiger partial charge in [0.05, 0.1) is 0 Å². The van der Waals surface area contributed by atoms with E-state index in [0.717, 1.165) is 194 Å². The topological polar surface area (TPSA) is 130 Å². The molecule has 104 heavy (non-hydrogen) atoms. The number of hydrogen-bond donors (Lipinski definition) is 0. The fraction of sp³-hybridized carbons (Fsp3) is 0.226. The van der Waals surface area contributed by atoms with Crippen molar-refractivity contribution in [2.45, 2.75) is 112 Å². The van der Waals surface area contributed by atoms with Crippen LogP contribution in [0.5, 0.6) is 0 Å². The quantitative estimate of drug-likeness (QED) is 0.0365. The van der Waals surface area contributed by atoms with Gasteiger partial charge < -0.3 is 0 Å². The number of alkyl halides is 27. The molecule has 0 fully saturated rings. The van der Waals surface area contributed by atoms with Crippen LogP contribution in [0.25, 0.3) is 0 Å². The normalized spacial score (nSPS) is 14.8. The van der Waals surface area contributed by atoms with Gasteiger partial charge in [-0.15, -0.1) is 0 Å². The summed E-state index contributed by atoms with van der Waals surface area (Å²) in [6, 6.07) is 37.3. The molecule has 0 aliphatic rings. The molecular weight excluding hydrogens is 1690 g/mol. The van der Waals surface area contributed by atoms with E-state index >= 15 is 26.3 Å². The molecule has 0 aliphatic heterocycles. The molecular formula is C62H40F27IO9S5. The van der Waals surface area contributed by atoms with Crippen molar-refractivity contribution in [3.63, 3.8) is 0 Å². The van der Waals surface area contributed by atoms with E-state index in [1.807, 2.05) is 0 Å². The van der Waals surface area contributed by atoms with Crippen LogP contribution >= 0.6 is 40.9 Å². The molecule has 0 saturated carbocycles. The Balaban J connectivity index is 1.16. The molecule has 42 heteroatoms. The molecule has 0 bridgehead atoms. The summed E-state index contributed by atoms with van der Waals surface area (Å²) in [7, 11) is -32.1. The maximum absolute atomic E-state index is 15.5. The Morgan fingerprint density at radius 1 is 0.240 bits per heavy atom. The molecule has 0 aromatic heterocycles. The Morgan fingerprint density at radius 2 is 0.433 bits per heavy atom. The summed E-state index contributed by atoms with van der Waals surface area (Å²) in [5, 5.41) is -22.1. The predicted molar refractivity (Wildman–Crippen MR) is 326 cm³/mol. The van der Waals surface area contributed by atoms with Crippen molar-refractivity contribution in [3.8, 4) is 0 Å². The zero-order valence-electron chi connectivity index (χ0n) is 50.5. The Morgan fingerprint density at radius 3 is 0.644 bits per heavy atom. The average Bonchev–Trinajstić information content (AvgIpc) is 0.705. The molecule has 8 aromatic carbocycles. The van der Waals surface area contributed by atoms with Gasteiger partial charge in [0, 0.05) is 0 Å². The van der Waals surface area contributed by atoms with Gasteiger partial charge >= 0.3 is 416 Å². The van der Waals surface area contributed by atoms with E-state index in [1.165, 1.54) is 24.3 Å². The van der Waals surface area contributed by atoms with Gasteiger partial charge in [0.1, 0.15) is 0 Å². The van der Waals surface area contributed by atoms with Crippen molar-refractivity contribution in [3.05, 3.63) is 248 Å². The molecule has 0 aliphatic carbocycles. The van der Waals surface area contributed by atoms with Crippen molar-refractivity contribution in [2.24, 2.45) is 0 Å². The van der Waals surface area contributed by atoms with E-state index in [2.05, 4.69) is 2.51 Å². The fourth-order valence-corrected chi connectivity index (χ4v) is 26.6. The zero-order valence-corrected chi connectivity index (χ0v) is 56.7. The van der Waals surface area contributed by atoms with Crippen LogP contribution in [0.15, 0.2) is 248 Å². The van der Waals surface area contributed by atoms with Crippen molar-refractivity contribution in [1.82, 2.24) is 0 Å². The SMILES string of the molecule is O=S(=O)(OI(c1ccc(Cc2ccc(S(OS(=O)(=O)C(F)(F)C(F)(F)C(F)(F)C(F)(F)F)(c3ccccc3)c3ccccc3)cc2)cc1)c1ccc(Cc2ccc(S(OS(=O)(=O)C(F)(F)C(F)(F)C(F)(F)C(F)(F)F)(c3ccccc3)c3ccccc3)cc2)cc1)C(F)(F)C(F)(F)C(F)(F)C(F)(F)F. The van der Waals surface area contributed by atoms with Gasteiger partial charge in [-0.05, 0) is 0 Å². The minimum atomic E-state index is -7.81. The van der Waals surface area contributed by atoms with E-state index in [0.29, 0.717) is 0 Å². The van der Waals surface area contributed by atoms with Crippen molar-refractivity contribution < 1.29 is 154 Å². The van der Waals surface area contributed by atoms with Crippen LogP contribution in [0, 0.1) is 7.14 Å². The molecule has 0 saturated heterocycles. The molecule has 0 unspecified atom stereocenters. The molecule has 8 aromatic rings. The average molecular weight is 1730 g/mol. The minimum absolute atomic E-state index is 0.0314. The second-order valence-electron chi connectivity index (χ2n) is 21.6. The molecule has 568 valence electrons. The zero-order chi connectivity index (χ0) is 78.0. The summed E-state index contributed by atoms with van der Waals surface area (Å²) in [6.07, 6.45) is -23.3. The van der Waals surface area contributed by atoms with Gasteiger partial charge in [-0.3, -0.25) is 0 Å². The molecule has 0 N–H and O–H groups in total. The molecule has 0 atom stereocenters. The summed E-state index contributed by atoms with van der Waals surface area (Å²) >= 11 is -5.05. The van der Waals surface area contributed by atoms with Gasteiger partial charge in [0.2, 0.25) is 0 Å². The van der Waals surface area contributed by atoms with E-state index in [4.69, 9.17) is 7.26 Å². The molecule has 0 radical (unpaired) electrons. The summed E-state index contributed by atoms with van der Waals surface area (Å²) in [4.78, 5) is -3.03. The molecule has 0 spiro atoms. The monoisotopic (exact) mass is 1730 g/mol. The Hall–Kier alpha value is -6.97. The van der Waals surface area contributed by atoms with Gasteiger partial charge in [-0.25, -0.2) is 0 Å². The van der Waals surface area contributed by atoms with Gasteiger partial charge in [0.25, 0.3) is 0 Å². The third kappa shape index (κ3) is 14.3. The Bertz CT molecular complexity index is 4350. The van der Waals surface area contributed by atoms with E-state index in [9.17, 15) is 117 Å². The third-order valence-corrected chi connectivity index (χ3v) is 32.5. The number of hydrogen-bond acceptors (Lipinski definition) is 9. The maximum atomic E-state index is 15.5. The van der Waals surface area contributed by atoms with E-state index in [1.54, 1.807) is 0 Å². The second kappa shape index (κ2) is 28.3. The van der Waals surface area contributed by atoms with Gasteiger partial charge in [-0.2, -0.15) is 95.9 Å². The Kier molecular flexibility index (Phi) is 22.5. The van der Waals surface area contributed by atoms with Crippen LogP contribution in [0.1, 0.15) is 22.3 Å². The molecule has 0 amide bonds. The van der Waals surface area contributed by atoms with Crippen LogP contribution in [-0.2, 0) is 53.0 Å². The molecule has 9 nitrogen and oxygen atoms in total. The van der Waals surface area contributed by atoms with Crippen LogP contribution < -0.4 is 0 Å². The van der Waals surface area contributed by atoms with E-state index in [-0.39, 0.29) is 22.3 Å². The van der Waals surface area contributed by atoms with Crippen molar-refractivity contribution in [2.75, 3.05) is 0 Å². The van der Waals surface area contributed by atoms with Crippen LogP contribution in [-0.4, -0.2) is 95.1 Å². The molecule has 0 heterocycles. The van der Waals surface area contributed by atoms with Crippen molar-refractivity contribution >= 4 is 71.2 Å². The van der Waals surface area contributed by atoms with Crippen molar-refractivity contribution in [1.29, 1.82) is 0 Å². The molecule has 8 rings (SSSR count). The first kappa shape index (κ1) is 82.7. The summed E-state index contributed by atoms with van der Waals surface area (Å²) in [5.41, 5.74) is 0.158. The number of halogens is 28. The van der Waals surface area contributed by atoms with Gasteiger partial charge in [-0.1, -0.05) is 72.8 Å². The number of benzene rings is 8. The summed E-state index contributed by atoms with van der Waals surface area (Å²) in [6.45, 7) is 0.